The van der Waals surface area contributed by atoms with Crippen molar-refractivity contribution in [2.75, 3.05) is 31.2 Å². The molecular weight excluding hydrogens is 548 g/mol. The Hall–Kier alpha value is -2.29. The SMILES string of the molecule is C=CCCCCOC(=O)[C@@H]1[C@@H]2CCC3(S2)C(C(=O)N(CC=C)c2c(C)cccc2Cl)N(CCCCCO)C(=O)[C@H]13. The number of hydrogen-bond donors (Lipinski definition) is 1. The second kappa shape index (κ2) is 13.6. The number of para-hydroxylation sites is 1. The number of rotatable bonds is 15. The van der Waals surface area contributed by atoms with Crippen LogP contribution < -0.4 is 4.90 Å². The van der Waals surface area contributed by atoms with E-state index in [0.29, 0.717) is 43.1 Å². The summed E-state index contributed by atoms with van der Waals surface area (Å²) in [5, 5.41) is 9.69. The van der Waals surface area contributed by atoms with E-state index in [1.165, 1.54) is 0 Å². The number of esters is 1. The van der Waals surface area contributed by atoms with Crippen LogP contribution in [0.3, 0.4) is 0 Å². The average Bonchev–Trinajstić information content (AvgIpc) is 3.57. The lowest BCUT2D eigenvalue weighted by molar-refractivity contribution is -0.154. The first-order chi connectivity index (χ1) is 19.3. The number of amides is 2. The van der Waals surface area contributed by atoms with Crippen LogP contribution in [-0.4, -0.2) is 70.1 Å². The van der Waals surface area contributed by atoms with Crippen molar-refractivity contribution in [3.05, 3.63) is 54.1 Å². The smallest absolute Gasteiger partial charge is 0.310 e. The van der Waals surface area contributed by atoms with E-state index in [1.54, 1.807) is 33.7 Å². The topological polar surface area (TPSA) is 87.2 Å². The maximum absolute atomic E-state index is 14.6. The van der Waals surface area contributed by atoms with Crippen LogP contribution in [0, 0.1) is 18.8 Å². The number of likely N-dealkylation sites (tertiary alicyclic amines) is 1. The van der Waals surface area contributed by atoms with Crippen molar-refractivity contribution >= 4 is 46.8 Å². The van der Waals surface area contributed by atoms with Crippen molar-refractivity contribution in [1.82, 2.24) is 4.90 Å². The molecule has 5 atom stereocenters. The Bertz CT molecular complexity index is 1110. The lowest BCUT2D eigenvalue weighted by atomic mass is 9.71. The molecule has 4 rings (SSSR count). The van der Waals surface area contributed by atoms with Crippen LogP contribution in [0.4, 0.5) is 5.69 Å². The number of halogens is 1. The number of thioether (sulfide) groups is 1. The summed E-state index contributed by atoms with van der Waals surface area (Å²) >= 11 is 8.26. The van der Waals surface area contributed by atoms with Crippen LogP contribution in [0.1, 0.15) is 56.9 Å². The minimum absolute atomic E-state index is 0.0450. The number of aryl methyl sites for hydroxylation is 1. The molecule has 2 amide bonds. The normalized spacial score (nSPS) is 26.6. The molecule has 40 heavy (non-hydrogen) atoms. The molecule has 0 radical (unpaired) electrons. The molecule has 218 valence electrons. The fourth-order valence-corrected chi connectivity index (χ4v) is 9.23. The van der Waals surface area contributed by atoms with Crippen LogP contribution in [0.15, 0.2) is 43.5 Å². The van der Waals surface area contributed by atoms with Crippen molar-refractivity contribution in [3.8, 4) is 0 Å². The fourth-order valence-electron chi connectivity index (χ4n) is 6.70. The molecule has 3 aliphatic rings. The van der Waals surface area contributed by atoms with Gasteiger partial charge in [-0.25, -0.2) is 0 Å². The van der Waals surface area contributed by atoms with Gasteiger partial charge in [-0.2, -0.15) is 0 Å². The Morgan fingerprint density at radius 3 is 2.73 bits per heavy atom. The molecule has 9 heteroatoms. The minimum atomic E-state index is -0.727. The summed E-state index contributed by atoms with van der Waals surface area (Å²) in [4.78, 5) is 45.5. The Kier molecular flexibility index (Phi) is 10.4. The van der Waals surface area contributed by atoms with E-state index in [0.717, 1.165) is 37.7 Å². The Labute approximate surface area is 246 Å². The monoisotopic (exact) mass is 588 g/mol. The number of anilines is 1. The standard InChI is InChI=1S/C31H41ClN2O5S/c1-4-6-7-11-20-39-30(38)24-23-15-16-31(40-23)25(24)28(36)34(18-9-8-10-19-35)27(31)29(37)33(17-5-2)26-21(3)13-12-14-22(26)32/h4-5,12-14,23-25,27,35H,1-2,6-11,15-20H2,3H3/t23-,24+,25-,27?,31?/m0/s1. The summed E-state index contributed by atoms with van der Waals surface area (Å²) < 4.78 is 5.00. The molecule has 1 aromatic rings. The number of carbonyl (C=O) groups excluding carboxylic acids is 3. The summed E-state index contributed by atoms with van der Waals surface area (Å²) in [6.07, 6.45) is 9.52. The van der Waals surface area contributed by atoms with E-state index >= 15 is 0 Å². The van der Waals surface area contributed by atoms with Gasteiger partial charge in [-0.05, 0) is 69.9 Å². The third-order valence-corrected chi connectivity index (χ3v) is 10.7. The number of hydrogen-bond acceptors (Lipinski definition) is 6. The Morgan fingerprint density at radius 1 is 1.23 bits per heavy atom. The molecule has 3 heterocycles. The molecule has 2 bridgehead atoms. The summed E-state index contributed by atoms with van der Waals surface area (Å²) in [7, 11) is 0. The van der Waals surface area contributed by atoms with Gasteiger partial charge in [0.2, 0.25) is 5.91 Å². The van der Waals surface area contributed by atoms with E-state index in [1.807, 2.05) is 25.1 Å². The van der Waals surface area contributed by atoms with Gasteiger partial charge in [-0.3, -0.25) is 14.4 Å². The maximum Gasteiger partial charge on any atom is 0.310 e. The molecule has 1 aromatic carbocycles. The molecule has 3 saturated heterocycles. The van der Waals surface area contributed by atoms with Gasteiger partial charge < -0.3 is 19.6 Å². The quantitative estimate of drug-likeness (QED) is 0.169. The number of allylic oxidation sites excluding steroid dienone is 1. The van der Waals surface area contributed by atoms with Crippen molar-refractivity contribution in [3.63, 3.8) is 0 Å². The molecule has 7 nitrogen and oxygen atoms in total. The lowest BCUT2D eigenvalue weighted by Gasteiger charge is -2.37. The van der Waals surface area contributed by atoms with Gasteiger partial charge in [0.15, 0.2) is 0 Å². The van der Waals surface area contributed by atoms with Crippen LogP contribution in [0.25, 0.3) is 0 Å². The predicted octanol–water partition coefficient (Wildman–Crippen LogP) is 5.32. The van der Waals surface area contributed by atoms with Gasteiger partial charge in [0, 0.05) is 24.9 Å². The molecule has 1 N–H and O–H groups in total. The molecule has 2 unspecified atom stereocenters. The highest BCUT2D eigenvalue weighted by Gasteiger charge is 2.74. The van der Waals surface area contributed by atoms with Crippen LogP contribution in [0.5, 0.6) is 0 Å². The van der Waals surface area contributed by atoms with Gasteiger partial charge in [-0.1, -0.05) is 35.9 Å². The lowest BCUT2D eigenvalue weighted by Crippen LogP contribution is -2.55. The van der Waals surface area contributed by atoms with Crippen molar-refractivity contribution in [2.24, 2.45) is 11.8 Å². The molecule has 3 fully saturated rings. The van der Waals surface area contributed by atoms with Gasteiger partial charge in [0.1, 0.15) is 6.04 Å². The maximum atomic E-state index is 14.6. The summed E-state index contributed by atoms with van der Waals surface area (Å²) in [5.41, 5.74) is 1.48. The molecule has 3 aliphatic heterocycles. The Morgan fingerprint density at radius 2 is 2.02 bits per heavy atom. The third-order valence-electron chi connectivity index (χ3n) is 8.45. The average molecular weight is 589 g/mol. The first-order valence-corrected chi connectivity index (χ1v) is 15.6. The Balaban J connectivity index is 1.67. The van der Waals surface area contributed by atoms with Crippen LogP contribution >= 0.6 is 23.4 Å². The largest absolute Gasteiger partial charge is 0.465 e. The van der Waals surface area contributed by atoms with Crippen molar-refractivity contribution in [2.45, 2.75) is 74.3 Å². The molecule has 1 spiro atoms. The van der Waals surface area contributed by atoms with Crippen LogP contribution in [0.2, 0.25) is 5.02 Å². The van der Waals surface area contributed by atoms with Gasteiger partial charge in [-0.15, -0.1) is 24.9 Å². The first kappa shape index (κ1) is 30.7. The van der Waals surface area contributed by atoms with E-state index in [9.17, 15) is 19.5 Å². The van der Waals surface area contributed by atoms with E-state index in [2.05, 4.69) is 13.2 Å². The van der Waals surface area contributed by atoms with Gasteiger partial charge >= 0.3 is 5.97 Å². The highest BCUT2D eigenvalue weighted by Crippen LogP contribution is 2.66. The number of ether oxygens (including phenoxy) is 1. The predicted molar refractivity (Wildman–Crippen MR) is 161 cm³/mol. The number of unbranched alkanes of at least 4 members (excludes halogenated alkanes) is 4. The number of fused-ring (bicyclic) bond motifs is 1. The second-order valence-corrected chi connectivity index (χ2v) is 13.0. The van der Waals surface area contributed by atoms with Crippen LogP contribution in [-0.2, 0) is 19.1 Å². The third kappa shape index (κ3) is 5.72. The number of carbonyl (C=O) groups is 3. The van der Waals surface area contributed by atoms with E-state index in [-0.39, 0.29) is 36.2 Å². The fraction of sp³-hybridized carbons (Fsp3) is 0.581. The summed E-state index contributed by atoms with van der Waals surface area (Å²) in [5.74, 6) is -1.81. The van der Waals surface area contributed by atoms with E-state index < -0.39 is 22.6 Å². The van der Waals surface area contributed by atoms with E-state index in [4.69, 9.17) is 16.3 Å². The highest BCUT2D eigenvalue weighted by atomic mass is 35.5. The number of aliphatic hydroxyl groups is 1. The summed E-state index contributed by atoms with van der Waals surface area (Å²) in [6.45, 7) is 10.6. The minimum Gasteiger partial charge on any atom is -0.465 e. The van der Waals surface area contributed by atoms with Crippen molar-refractivity contribution in [1.29, 1.82) is 0 Å². The zero-order valence-corrected chi connectivity index (χ0v) is 24.9. The summed E-state index contributed by atoms with van der Waals surface area (Å²) in [6, 6.07) is 4.80. The molecule has 0 aliphatic carbocycles. The van der Waals surface area contributed by atoms with Gasteiger partial charge in [0.05, 0.1) is 33.9 Å². The number of benzene rings is 1. The molecular formula is C31H41ClN2O5S. The van der Waals surface area contributed by atoms with Crippen molar-refractivity contribution < 1.29 is 24.2 Å². The number of nitrogens with zero attached hydrogens (tertiary/aromatic N) is 2. The zero-order chi connectivity index (χ0) is 28.9. The molecule has 0 aromatic heterocycles. The zero-order valence-electron chi connectivity index (χ0n) is 23.4. The molecule has 0 saturated carbocycles. The second-order valence-electron chi connectivity index (χ2n) is 11.0. The first-order valence-electron chi connectivity index (χ1n) is 14.4. The van der Waals surface area contributed by atoms with Gasteiger partial charge in [0.25, 0.3) is 5.91 Å². The number of aliphatic hydroxyl groups excluding tert-OH is 1. The highest BCUT2D eigenvalue weighted by molar-refractivity contribution is 8.02.